The Morgan fingerprint density at radius 2 is 2.05 bits per heavy atom. The molecule has 2 aromatic carbocycles. The molecule has 0 atom stereocenters. The minimum atomic E-state index is -0.195. The molecule has 0 unspecified atom stereocenters. The molecule has 2 nitrogen and oxygen atoms in total. The molecular formula is C17H16FNOS. The van der Waals surface area contributed by atoms with Crippen molar-refractivity contribution in [2.45, 2.75) is 10.6 Å². The van der Waals surface area contributed by atoms with Crippen molar-refractivity contribution in [2.75, 3.05) is 13.7 Å². The second kappa shape index (κ2) is 7.72. The maximum absolute atomic E-state index is 13.6. The van der Waals surface area contributed by atoms with Crippen molar-refractivity contribution in [1.29, 1.82) is 0 Å². The molecule has 4 heteroatoms. The molecule has 0 aliphatic carbocycles. The Labute approximate surface area is 128 Å². The average molecular weight is 301 g/mol. The van der Waals surface area contributed by atoms with Gasteiger partial charge in [0, 0.05) is 10.6 Å². The maximum Gasteiger partial charge on any atom is 0.136 e. The highest BCUT2D eigenvalue weighted by Crippen LogP contribution is 2.27. The number of ether oxygens (including phenoxy) is 1. The number of halogens is 1. The Hall–Kier alpha value is -1.96. The van der Waals surface area contributed by atoms with E-state index in [2.05, 4.69) is 11.8 Å². The van der Waals surface area contributed by atoms with E-state index in [9.17, 15) is 4.39 Å². The van der Waals surface area contributed by atoms with Crippen LogP contribution >= 0.6 is 11.8 Å². The molecule has 0 spiro atoms. The van der Waals surface area contributed by atoms with E-state index < -0.39 is 0 Å². The first-order valence-corrected chi connectivity index (χ1v) is 7.46. The van der Waals surface area contributed by atoms with Crippen LogP contribution < -0.4 is 10.5 Å². The number of rotatable bonds is 4. The van der Waals surface area contributed by atoms with Crippen LogP contribution in [0.4, 0.5) is 4.39 Å². The molecule has 0 heterocycles. The minimum Gasteiger partial charge on any atom is -0.495 e. The molecule has 0 aliphatic rings. The normalized spacial score (nSPS) is 9.86. The highest BCUT2D eigenvalue weighted by Gasteiger charge is 2.05. The smallest absolute Gasteiger partial charge is 0.136 e. The third kappa shape index (κ3) is 4.25. The van der Waals surface area contributed by atoms with Gasteiger partial charge in [-0.15, -0.1) is 11.8 Å². The minimum absolute atomic E-state index is 0.195. The summed E-state index contributed by atoms with van der Waals surface area (Å²) < 4.78 is 18.8. The molecule has 2 aromatic rings. The summed E-state index contributed by atoms with van der Waals surface area (Å²) in [5, 5.41) is 0. The first-order chi connectivity index (χ1) is 10.2. The fourth-order valence-corrected chi connectivity index (χ4v) is 2.69. The molecule has 0 radical (unpaired) electrons. The highest BCUT2D eigenvalue weighted by molar-refractivity contribution is 7.98. The SMILES string of the molecule is COc1ccc(CSc2ccccc2F)cc1C#CCN. The standard InChI is InChI=1S/C17H16FNOS/c1-20-16-9-8-13(11-14(16)5-4-10-19)12-21-17-7-3-2-6-15(17)18/h2-3,6-9,11H,10,12,19H2,1H3. The zero-order valence-corrected chi connectivity index (χ0v) is 12.5. The maximum atomic E-state index is 13.6. The zero-order valence-electron chi connectivity index (χ0n) is 11.7. The van der Waals surface area contributed by atoms with Crippen molar-refractivity contribution in [3.05, 3.63) is 59.4 Å². The van der Waals surface area contributed by atoms with E-state index >= 15 is 0 Å². The molecule has 21 heavy (non-hydrogen) atoms. The number of hydrogen-bond acceptors (Lipinski definition) is 3. The van der Waals surface area contributed by atoms with Crippen LogP contribution in [-0.2, 0) is 5.75 Å². The Morgan fingerprint density at radius 1 is 1.24 bits per heavy atom. The molecule has 0 saturated heterocycles. The summed E-state index contributed by atoms with van der Waals surface area (Å²) in [6, 6.07) is 12.5. The van der Waals surface area contributed by atoms with Gasteiger partial charge in [-0.25, -0.2) is 4.39 Å². The summed E-state index contributed by atoms with van der Waals surface area (Å²) in [6.45, 7) is 0.303. The molecule has 0 amide bonds. The van der Waals surface area contributed by atoms with Crippen LogP contribution in [-0.4, -0.2) is 13.7 Å². The molecule has 0 aliphatic heterocycles. The van der Waals surface area contributed by atoms with E-state index in [-0.39, 0.29) is 5.82 Å². The van der Waals surface area contributed by atoms with Gasteiger partial charge in [-0.3, -0.25) is 0 Å². The van der Waals surface area contributed by atoms with Gasteiger partial charge in [0.25, 0.3) is 0 Å². The van der Waals surface area contributed by atoms with Crippen LogP contribution in [0.1, 0.15) is 11.1 Å². The highest BCUT2D eigenvalue weighted by atomic mass is 32.2. The van der Waals surface area contributed by atoms with E-state index in [1.165, 1.54) is 17.8 Å². The number of thioether (sulfide) groups is 1. The molecule has 108 valence electrons. The van der Waals surface area contributed by atoms with Crippen molar-refractivity contribution >= 4 is 11.8 Å². The number of nitrogens with two attached hydrogens (primary N) is 1. The summed E-state index contributed by atoms with van der Waals surface area (Å²) in [5.74, 6) is 7.00. The van der Waals surface area contributed by atoms with Gasteiger partial charge < -0.3 is 10.5 Å². The zero-order chi connectivity index (χ0) is 15.1. The number of hydrogen-bond donors (Lipinski definition) is 1. The Bertz CT molecular complexity index is 676. The van der Waals surface area contributed by atoms with Gasteiger partial charge >= 0.3 is 0 Å². The molecular weight excluding hydrogens is 285 g/mol. The monoisotopic (exact) mass is 301 g/mol. The van der Waals surface area contributed by atoms with Crippen LogP contribution in [0.15, 0.2) is 47.4 Å². The van der Waals surface area contributed by atoms with Crippen molar-refractivity contribution in [1.82, 2.24) is 0 Å². The van der Waals surface area contributed by atoms with E-state index in [1.807, 2.05) is 24.3 Å². The summed E-state index contributed by atoms with van der Waals surface area (Å²) >= 11 is 1.46. The summed E-state index contributed by atoms with van der Waals surface area (Å²) in [5.41, 5.74) is 7.26. The van der Waals surface area contributed by atoms with Crippen molar-refractivity contribution in [3.8, 4) is 17.6 Å². The van der Waals surface area contributed by atoms with Crippen LogP contribution in [0.25, 0.3) is 0 Å². The predicted octanol–water partition coefficient (Wildman–Crippen LogP) is 3.44. The van der Waals surface area contributed by atoms with Gasteiger partial charge in [-0.05, 0) is 29.8 Å². The molecule has 0 fully saturated rings. The summed E-state index contributed by atoms with van der Waals surface area (Å²) in [4.78, 5) is 0.642. The summed E-state index contributed by atoms with van der Waals surface area (Å²) in [6.07, 6.45) is 0. The van der Waals surface area contributed by atoms with Crippen LogP contribution in [0, 0.1) is 17.7 Å². The molecule has 0 aromatic heterocycles. The second-order valence-corrected chi connectivity index (χ2v) is 5.28. The van der Waals surface area contributed by atoms with Crippen LogP contribution in [0.3, 0.4) is 0 Å². The third-order valence-corrected chi connectivity index (χ3v) is 3.94. The van der Waals surface area contributed by atoms with Crippen molar-refractivity contribution in [3.63, 3.8) is 0 Å². The number of methoxy groups -OCH3 is 1. The molecule has 2 rings (SSSR count). The van der Waals surface area contributed by atoms with E-state index in [1.54, 1.807) is 19.2 Å². The molecule has 2 N–H and O–H groups in total. The van der Waals surface area contributed by atoms with Gasteiger partial charge in [-0.2, -0.15) is 0 Å². The van der Waals surface area contributed by atoms with Gasteiger partial charge in [0.1, 0.15) is 11.6 Å². The van der Waals surface area contributed by atoms with Crippen molar-refractivity contribution in [2.24, 2.45) is 5.73 Å². The number of benzene rings is 2. The Morgan fingerprint density at radius 3 is 2.76 bits per heavy atom. The van der Waals surface area contributed by atoms with Gasteiger partial charge in [-0.1, -0.05) is 30.0 Å². The first kappa shape index (κ1) is 15.4. The lowest BCUT2D eigenvalue weighted by molar-refractivity contribution is 0.413. The second-order valence-electron chi connectivity index (χ2n) is 4.26. The van der Waals surface area contributed by atoms with Crippen LogP contribution in [0.2, 0.25) is 0 Å². The van der Waals surface area contributed by atoms with Crippen LogP contribution in [0.5, 0.6) is 5.75 Å². The first-order valence-electron chi connectivity index (χ1n) is 6.47. The van der Waals surface area contributed by atoms with Gasteiger partial charge in [0.05, 0.1) is 19.2 Å². The summed E-state index contributed by atoms with van der Waals surface area (Å²) in [7, 11) is 1.61. The topological polar surface area (TPSA) is 35.2 Å². The lowest BCUT2D eigenvalue weighted by Gasteiger charge is -2.07. The average Bonchev–Trinajstić information content (AvgIpc) is 2.52. The lowest BCUT2D eigenvalue weighted by Crippen LogP contribution is -1.95. The molecule has 0 bridgehead atoms. The van der Waals surface area contributed by atoms with E-state index in [4.69, 9.17) is 10.5 Å². The predicted molar refractivity (Wildman–Crippen MR) is 84.9 cm³/mol. The van der Waals surface area contributed by atoms with Gasteiger partial charge in [0.15, 0.2) is 0 Å². The lowest BCUT2D eigenvalue weighted by atomic mass is 10.1. The van der Waals surface area contributed by atoms with Gasteiger partial charge in [0.2, 0.25) is 0 Å². The fraction of sp³-hybridized carbons (Fsp3) is 0.176. The third-order valence-electron chi connectivity index (χ3n) is 2.82. The van der Waals surface area contributed by atoms with Crippen molar-refractivity contribution < 1.29 is 9.13 Å². The fourth-order valence-electron chi connectivity index (χ4n) is 1.81. The molecule has 0 saturated carbocycles. The van der Waals surface area contributed by atoms with E-state index in [0.29, 0.717) is 17.2 Å². The Balaban J connectivity index is 2.15. The quantitative estimate of drug-likeness (QED) is 0.694. The Kier molecular flexibility index (Phi) is 5.68. The van der Waals surface area contributed by atoms with E-state index in [0.717, 1.165) is 16.9 Å². The largest absolute Gasteiger partial charge is 0.495 e.